The molecular weight excluding hydrogens is 364 g/mol. The Morgan fingerprint density at radius 3 is 2.59 bits per heavy atom. The molecule has 0 atom stereocenters. The molecule has 152 valence electrons. The van der Waals surface area contributed by atoms with Crippen LogP contribution in [0, 0.1) is 0 Å². The van der Waals surface area contributed by atoms with Crippen LogP contribution in [-0.2, 0) is 17.8 Å². The van der Waals surface area contributed by atoms with Crippen molar-refractivity contribution in [1.82, 2.24) is 10.3 Å². The predicted molar refractivity (Wildman–Crippen MR) is 114 cm³/mol. The first-order chi connectivity index (χ1) is 14.2. The highest BCUT2D eigenvalue weighted by atomic mass is 16.5. The largest absolute Gasteiger partial charge is 0.497 e. The molecule has 1 fully saturated rings. The van der Waals surface area contributed by atoms with Crippen molar-refractivity contribution in [2.75, 3.05) is 7.11 Å². The number of nitrogens with one attached hydrogen (secondary N) is 2. The summed E-state index contributed by atoms with van der Waals surface area (Å²) in [7, 11) is 1.64. The average Bonchev–Trinajstić information content (AvgIpc) is 3.16. The van der Waals surface area contributed by atoms with E-state index < -0.39 is 0 Å². The van der Waals surface area contributed by atoms with Crippen molar-refractivity contribution in [3.63, 3.8) is 0 Å². The normalized spacial score (nSPS) is 14.7. The molecule has 0 bridgehead atoms. The van der Waals surface area contributed by atoms with Gasteiger partial charge >= 0.3 is 0 Å². The fourth-order valence-electron chi connectivity index (χ4n) is 3.93. The molecule has 5 nitrogen and oxygen atoms in total. The van der Waals surface area contributed by atoms with Gasteiger partial charge in [0, 0.05) is 23.6 Å². The first kappa shape index (κ1) is 19.4. The Balaban J connectivity index is 1.30. The molecule has 1 aliphatic rings. The lowest BCUT2D eigenvalue weighted by molar-refractivity contribution is -0.120. The summed E-state index contributed by atoms with van der Waals surface area (Å²) in [6.45, 7) is 0.508. The minimum absolute atomic E-state index is 0.00347. The SMILES string of the molecule is COc1ccc2[nH]cc(CC(=O)NCc3ccc(OC4CCCCC4)cc3)c2c1. The van der Waals surface area contributed by atoms with Gasteiger partial charge in [0.15, 0.2) is 0 Å². The summed E-state index contributed by atoms with van der Waals surface area (Å²) in [5.41, 5.74) is 3.03. The maximum absolute atomic E-state index is 12.4. The highest BCUT2D eigenvalue weighted by Gasteiger charge is 2.15. The van der Waals surface area contributed by atoms with Gasteiger partial charge in [-0.15, -0.1) is 0 Å². The Labute approximate surface area is 171 Å². The molecule has 0 spiro atoms. The van der Waals surface area contributed by atoms with Crippen molar-refractivity contribution in [2.45, 2.75) is 51.2 Å². The molecule has 3 aromatic rings. The molecule has 5 heteroatoms. The zero-order chi connectivity index (χ0) is 20.1. The Bertz CT molecular complexity index is 956. The number of amides is 1. The van der Waals surface area contributed by atoms with Crippen molar-refractivity contribution in [3.05, 3.63) is 59.8 Å². The van der Waals surface area contributed by atoms with E-state index in [4.69, 9.17) is 9.47 Å². The van der Waals surface area contributed by atoms with Gasteiger partial charge in [-0.05, 0) is 67.1 Å². The molecule has 0 aliphatic heterocycles. The zero-order valence-electron chi connectivity index (χ0n) is 16.9. The number of H-pyrrole nitrogens is 1. The van der Waals surface area contributed by atoms with E-state index in [-0.39, 0.29) is 5.91 Å². The van der Waals surface area contributed by atoms with Crippen LogP contribution < -0.4 is 14.8 Å². The molecule has 0 unspecified atom stereocenters. The Morgan fingerprint density at radius 2 is 1.83 bits per heavy atom. The van der Waals surface area contributed by atoms with Crippen LogP contribution in [0.15, 0.2) is 48.7 Å². The average molecular weight is 392 g/mol. The molecule has 1 aliphatic carbocycles. The van der Waals surface area contributed by atoms with Crippen molar-refractivity contribution in [3.8, 4) is 11.5 Å². The summed E-state index contributed by atoms with van der Waals surface area (Å²) in [5.74, 6) is 1.70. The van der Waals surface area contributed by atoms with Crippen LogP contribution in [0.1, 0.15) is 43.2 Å². The Kier molecular flexibility index (Phi) is 6.03. The Morgan fingerprint density at radius 1 is 1.07 bits per heavy atom. The number of hydrogen-bond donors (Lipinski definition) is 2. The van der Waals surface area contributed by atoms with Gasteiger partial charge in [-0.1, -0.05) is 18.6 Å². The van der Waals surface area contributed by atoms with E-state index in [2.05, 4.69) is 10.3 Å². The van der Waals surface area contributed by atoms with Gasteiger partial charge < -0.3 is 19.8 Å². The smallest absolute Gasteiger partial charge is 0.224 e. The van der Waals surface area contributed by atoms with Gasteiger partial charge in [0.05, 0.1) is 19.6 Å². The zero-order valence-corrected chi connectivity index (χ0v) is 16.9. The summed E-state index contributed by atoms with van der Waals surface area (Å²) in [4.78, 5) is 15.6. The quantitative estimate of drug-likeness (QED) is 0.610. The second kappa shape index (κ2) is 9.03. The fourth-order valence-corrected chi connectivity index (χ4v) is 3.93. The van der Waals surface area contributed by atoms with E-state index in [9.17, 15) is 4.79 Å². The summed E-state index contributed by atoms with van der Waals surface area (Å²) in [5, 5.41) is 4.02. The molecule has 1 aromatic heterocycles. The van der Waals surface area contributed by atoms with E-state index >= 15 is 0 Å². The van der Waals surface area contributed by atoms with Crippen LogP contribution in [0.4, 0.5) is 0 Å². The number of hydrogen-bond acceptors (Lipinski definition) is 3. The van der Waals surface area contributed by atoms with Gasteiger partial charge in [-0.25, -0.2) is 0 Å². The standard InChI is InChI=1S/C24H28N2O3/c1-28-21-11-12-23-22(14-21)18(16-25-23)13-24(27)26-15-17-7-9-20(10-8-17)29-19-5-3-2-4-6-19/h7-12,14,16,19,25H,2-6,13,15H2,1H3,(H,26,27). The lowest BCUT2D eigenvalue weighted by Gasteiger charge is -2.23. The predicted octanol–water partition coefficient (Wildman–Crippen LogP) is 4.75. The van der Waals surface area contributed by atoms with Crippen LogP contribution in [-0.4, -0.2) is 24.1 Å². The van der Waals surface area contributed by atoms with Crippen LogP contribution >= 0.6 is 0 Å². The molecule has 1 saturated carbocycles. The second-order valence-electron chi connectivity index (χ2n) is 7.70. The van der Waals surface area contributed by atoms with Crippen LogP contribution in [0.2, 0.25) is 0 Å². The number of carbonyl (C=O) groups is 1. The molecule has 1 heterocycles. The van der Waals surface area contributed by atoms with E-state index in [1.54, 1.807) is 7.11 Å². The van der Waals surface area contributed by atoms with Crippen molar-refractivity contribution >= 4 is 16.8 Å². The third-order valence-electron chi connectivity index (χ3n) is 5.59. The third-order valence-corrected chi connectivity index (χ3v) is 5.59. The number of benzene rings is 2. The third kappa shape index (κ3) is 4.91. The van der Waals surface area contributed by atoms with Gasteiger partial charge in [0.1, 0.15) is 11.5 Å². The molecule has 0 saturated heterocycles. The number of aromatic nitrogens is 1. The summed E-state index contributed by atoms with van der Waals surface area (Å²) in [6.07, 6.45) is 8.72. The first-order valence-electron chi connectivity index (χ1n) is 10.4. The molecule has 4 rings (SSSR count). The van der Waals surface area contributed by atoms with Crippen LogP contribution in [0.3, 0.4) is 0 Å². The van der Waals surface area contributed by atoms with E-state index in [0.29, 0.717) is 19.1 Å². The number of carbonyl (C=O) groups excluding carboxylic acids is 1. The number of rotatable bonds is 7. The lowest BCUT2D eigenvalue weighted by atomic mass is 9.98. The maximum atomic E-state index is 12.4. The molecule has 2 N–H and O–H groups in total. The number of ether oxygens (including phenoxy) is 2. The monoisotopic (exact) mass is 392 g/mol. The van der Waals surface area contributed by atoms with Gasteiger partial charge in [0.2, 0.25) is 5.91 Å². The number of aromatic amines is 1. The Hall–Kier alpha value is -2.95. The molecule has 2 aromatic carbocycles. The summed E-state index contributed by atoms with van der Waals surface area (Å²) in [6, 6.07) is 13.9. The van der Waals surface area contributed by atoms with E-state index in [1.165, 1.54) is 19.3 Å². The molecule has 29 heavy (non-hydrogen) atoms. The minimum atomic E-state index is -0.00347. The summed E-state index contributed by atoms with van der Waals surface area (Å²) >= 11 is 0. The van der Waals surface area contributed by atoms with Gasteiger partial charge in [0.25, 0.3) is 0 Å². The van der Waals surface area contributed by atoms with E-state index in [1.807, 2.05) is 48.7 Å². The fraction of sp³-hybridized carbons (Fsp3) is 0.375. The molecule has 1 amide bonds. The topological polar surface area (TPSA) is 63.4 Å². The second-order valence-corrected chi connectivity index (χ2v) is 7.70. The van der Waals surface area contributed by atoms with Gasteiger partial charge in [-0.2, -0.15) is 0 Å². The highest BCUT2D eigenvalue weighted by molar-refractivity contribution is 5.89. The van der Waals surface area contributed by atoms with Crippen LogP contribution in [0.5, 0.6) is 11.5 Å². The first-order valence-corrected chi connectivity index (χ1v) is 10.4. The minimum Gasteiger partial charge on any atom is -0.497 e. The number of fused-ring (bicyclic) bond motifs is 1. The number of methoxy groups -OCH3 is 1. The lowest BCUT2D eigenvalue weighted by Crippen LogP contribution is -2.24. The summed E-state index contributed by atoms with van der Waals surface area (Å²) < 4.78 is 11.4. The highest BCUT2D eigenvalue weighted by Crippen LogP contribution is 2.25. The molecular formula is C24H28N2O3. The van der Waals surface area contributed by atoms with E-state index in [0.717, 1.165) is 46.4 Å². The van der Waals surface area contributed by atoms with Crippen LogP contribution in [0.25, 0.3) is 10.9 Å². The van der Waals surface area contributed by atoms with Crippen molar-refractivity contribution in [2.24, 2.45) is 0 Å². The van der Waals surface area contributed by atoms with Crippen molar-refractivity contribution < 1.29 is 14.3 Å². The molecule has 0 radical (unpaired) electrons. The van der Waals surface area contributed by atoms with Crippen molar-refractivity contribution in [1.29, 1.82) is 0 Å². The van der Waals surface area contributed by atoms with Gasteiger partial charge in [-0.3, -0.25) is 4.79 Å². The maximum Gasteiger partial charge on any atom is 0.224 e.